The molecule has 80 valence electrons. The molecular weight excluding hydrogens is 196 g/mol. The number of methoxy groups -OCH3 is 2. The molecule has 1 N–H and O–H groups in total. The van der Waals surface area contributed by atoms with E-state index in [4.69, 9.17) is 9.47 Å². The van der Waals surface area contributed by atoms with Gasteiger partial charge >= 0.3 is 0 Å². The first-order valence-electron chi connectivity index (χ1n) is 4.53. The van der Waals surface area contributed by atoms with Gasteiger partial charge in [-0.1, -0.05) is 0 Å². The average molecular weight is 208 g/mol. The maximum atomic E-state index is 5.11. The van der Waals surface area contributed by atoms with Crippen LogP contribution in [0, 0.1) is 0 Å². The second kappa shape index (κ2) is 4.33. The van der Waals surface area contributed by atoms with Gasteiger partial charge in [-0.05, 0) is 0 Å². The molecule has 0 aliphatic heterocycles. The summed E-state index contributed by atoms with van der Waals surface area (Å²) in [5.41, 5.74) is 2.33. The first-order valence-corrected chi connectivity index (χ1v) is 4.53. The number of rotatable bonds is 4. The molecule has 6 nitrogen and oxygen atoms in total. The summed E-state index contributed by atoms with van der Waals surface area (Å²) in [7, 11) is 3.19. The standard InChI is InChI=1S/C9H12N4O2/c1-14-7(15-2)3-6-8-9(12-4-10-6)13-5-11-8/h4-5,7H,3H2,1-2H3,(H,10,11,12,13). The van der Waals surface area contributed by atoms with E-state index in [-0.39, 0.29) is 6.29 Å². The van der Waals surface area contributed by atoms with Gasteiger partial charge in [0.1, 0.15) is 11.8 Å². The molecule has 0 saturated carbocycles. The lowest BCUT2D eigenvalue weighted by molar-refractivity contribution is -0.101. The molecule has 0 aromatic carbocycles. The van der Waals surface area contributed by atoms with E-state index in [1.165, 1.54) is 6.33 Å². The number of hydrogen-bond donors (Lipinski definition) is 1. The zero-order valence-corrected chi connectivity index (χ0v) is 8.60. The number of nitrogens with one attached hydrogen (secondary N) is 1. The highest BCUT2D eigenvalue weighted by atomic mass is 16.7. The molecule has 0 aliphatic carbocycles. The fourth-order valence-corrected chi connectivity index (χ4v) is 1.39. The minimum Gasteiger partial charge on any atom is -0.356 e. The molecule has 15 heavy (non-hydrogen) atoms. The van der Waals surface area contributed by atoms with Crippen LogP contribution in [0.2, 0.25) is 0 Å². The van der Waals surface area contributed by atoms with Crippen LogP contribution in [-0.2, 0) is 15.9 Å². The fraction of sp³-hybridized carbons (Fsp3) is 0.444. The summed E-state index contributed by atoms with van der Waals surface area (Å²) in [5.74, 6) is 0. The number of fused-ring (bicyclic) bond motifs is 1. The molecule has 2 aromatic rings. The van der Waals surface area contributed by atoms with Crippen LogP contribution in [0.4, 0.5) is 0 Å². The molecule has 0 atom stereocenters. The Balaban J connectivity index is 2.30. The molecule has 0 unspecified atom stereocenters. The average Bonchev–Trinajstić information content (AvgIpc) is 2.74. The van der Waals surface area contributed by atoms with Crippen molar-refractivity contribution in [2.45, 2.75) is 12.7 Å². The Bertz CT molecular complexity index is 438. The first-order chi connectivity index (χ1) is 7.35. The van der Waals surface area contributed by atoms with Crippen LogP contribution in [0.3, 0.4) is 0 Å². The fourth-order valence-electron chi connectivity index (χ4n) is 1.39. The normalized spacial score (nSPS) is 11.4. The summed E-state index contributed by atoms with van der Waals surface area (Å²) < 4.78 is 10.2. The Morgan fingerprint density at radius 2 is 2.07 bits per heavy atom. The van der Waals surface area contributed by atoms with Crippen molar-refractivity contribution in [3.8, 4) is 0 Å². The maximum absolute atomic E-state index is 5.11. The number of aromatic nitrogens is 4. The number of ether oxygens (including phenoxy) is 2. The molecule has 6 heteroatoms. The van der Waals surface area contributed by atoms with Gasteiger partial charge in [0.25, 0.3) is 0 Å². The Labute approximate surface area is 86.7 Å². The van der Waals surface area contributed by atoms with Gasteiger partial charge in [0.05, 0.1) is 12.0 Å². The summed E-state index contributed by atoms with van der Waals surface area (Å²) in [4.78, 5) is 15.2. The van der Waals surface area contributed by atoms with Gasteiger partial charge in [-0.15, -0.1) is 0 Å². The molecular formula is C9H12N4O2. The molecule has 2 rings (SSSR count). The number of aromatic amines is 1. The number of imidazole rings is 1. The largest absolute Gasteiger partial charge is 0.356 e. The SMILES string of the molecule is COC(Cc1ncnc2nc[nH]c12)OC. The lowest BCUT2D eigenvalue weighted by Gasteiger charge is -2.12. The van der Waals surface area contributed by atoms with E-state index in [1.54, 1.807) is 20.5 Å². The van der Waals surface area contributed by atoms with Crippen molar-refractivity contribution in [2.24, 2.45) is 0 Å². The highest BCUT2D eigenvalue weighted by molar-refractivity contribution is 5.71. The van der Waals surface area contributed by atoms with Crippen LogP contribution in [0.5, 0.6) is 0 Å². The lowest BCUT2D eigenvalue weighted by atomic mass is 10.2. The van der Waals surface area contributed by atoms with E-state index < -0.39 is 0 Å². The maximum Gasteiger partial charge on any atom is 0.180 e. The van der Waals surface area contributed by atoms with Gasteiger partial charge in [0, 0.05) is 20.6 Å². The van der Waals surface area contributed by atoms with Gasteiger partial charge in [-0.3, -0.25) is 0 Å². The van der Waals surface area contributed by atoms with Gasteiger partial charge in [0.2, 0.25) is 0 Å². The number of nitrogens with zero attached hydrogens (tertiary/aromatic N) is 3. The van der Waals surface area contributed by atoms with Crippen molar-refractivity contribution in [1.29, 1.82) is 0 Å². The first kappa shape index (κ1) is 10.0. The van der Waals surface area contributed by atoms with Crippen molar-refractivity contribution in [1.82, 2.24) is 19.9 Å². The van der Waals surface area contributed by atoms with Crippen molar-refractivity contribution in [3.05, 3.63) is 18.3 Å². The third-order valence-electron chi connectivity index (χ3n) is 2.19. The highest BCUT2D eigenvalue weighted by Gasteiger charge is 2.12. The van der Waals surface area contributed by atoms with E-state index >= 15 is 0 Å². The molecule has 0 fully saturated rings. The third kappa shape index (κ3) is 1.95. The van der Waals surface area contributed by atoms with Gasteiger partial charge < -0.3 is 14.5 Å². The quantitative estimate of drug-likeness (QED) is 0.741. The predicted octanol–water partition coefficient (Wildman–Crippen LogP) is 0.514. The minimum absolute atomic E-state index is 0.300. The monoisotopic (exact) mass is 208 g/mol. The summed E-state index contributed by atoms with van der Waals surface area (Å²) in [6.45, 7) is 0. The van der Waals surface area contributed by atoms with Gasteiger partial charge in [-0.25, -0.2) is 15.0 Å². The second-order valence-electron chi connectivity index (χ2n) is 3.03. The van der Waals surface area contributed by atoms with Crippen LogP contribution < -0.4 is 0 Å². The Hall–Kier alpha value is -1.53. The summed E-state index contributed by atoms with van der Waals surface area (Å²) in [6, 6.07) is 0. The van der Waals surface area contributed by atoms with Gasteiger partial charge in [0.15, 0.2) is 11.9 Å². The molecule has 0 amide bonds. The molecule has 0 radical (unpaired) electrons. The Kier molecular flexibility index (Phi) is 2.89. The van der Waals surface area contributed by atoms with Gasteiger partial charge in [-0.2, -0.15) is 0 Å². The summed E-state index contributed by atoms with van der Waals surface area (Å²) >= 11 is 0. The Morgan fingerprint density at radius 1 is 1.27 bits per heavy atom. The molecule has 0 spiro atoms. The molecule has 2 aromatic heterocycles. The molecule has 2 heterocycles. The predicted molar refractivity (Wildman–Crippen MR) is 53.2 cm³/mol. The van der Waals surface area contributed by atoms with Crippen LogP contribution in [-0.4, -0.2) is 40.4 Å². The Morgan fingerprint density at radius 3 is 2.80 bits per heavy atom. The van der Waals surface area contributed by atoms with Crippen molar-refractivity contribution < 1.29 is 9.47 Å². The van der Waals surface area contributed by atoms with E-state index in [0.29, 0.717) is 12.1 Å². The van der Waals surface area contributed by atoms with Crippen molar-refractivity contribution >= 4 is 11.2 Å². The summed E-state index contributed by atoms with van der Waals surface area (Å²) in [5, 5.41) is 0. The van der Waals surface area contributed by atoms with Crippen LogP contribution in [0.15, 0.2) is 12.7 Å². The van der Waals surface area contributed by atoms with Crippen LogP contribution in [0.25, 0.3) is 11.2 Å². The van der Waals surface area contributed by atoms with Crippen LogP contribution in [0.1, 0.15) is 5.69 Å². The van der Waals surface area contributed by atoms with E-state index in [1.807, 2.05) is 0 Å². The smallest absolute Gasteiger partial charge is 0.180 e. The minimum atomic E-state index is -0.300. The van der Waals surface area contributed by atoms with E-state index in [0.717, 1.165) is 11.2 Å². The number of hydrogen-bond acceptors (Lipinski definition) is 5. The van der Waals surface area contributed by atoms with E-state index in [2.05, 4.69) is 19.9 Å². The van der Waals surface area contributed by atoms with Crippen molar-refractivity contribution in [3.63, 3.8) is 0 Å². The molecule has 0 bridgehead atoms. The van der Waals surface area contributed by atoms with Crippen molar-refractivity contribution in [2.75, 3.05) is 14.2 Å². The second-order valence-corrected chi connectivity index (χ2v) is 3.03. The van der Waals surface area contributed by atoms with Crippen LogP contribution >= 0.6 is 0 Å². The molecule has 0 aliphatic rings. The lowest BCUT2D eigenvalue weighted by Crippen LogP contribution is -2.17. The molecule has 0 saturated heterocycles. The zero-order chi connectivity index (χ0) is 10.7. The number of H-pyrrole nitrogens is 1. The topological polar surface area (TPSA) is 72.9 Å². The van der Waals surface area contributed by atoms with E-state index in [9.17, 15) is 0 Å². The highest BCUT2D eigenvalue weighted by Crippen LogP contribution is 2.12. The third-order valence-corrected chi connectivity index (χ3v) is 2.19. The zero-order valence-electron chi connectivity index (χ0n) is 8.60. The summed E-state index contributed by atoms with van der Waals surface area (Å²) in [6.07, 6.45) is 3.35.